The van der Waals surface area contributed by atoms with Gasteiger partial charge in [-0.2, -0.15) is 10.2 Å². The smallest absolute Gasteiger partial charge is 0.186 e. The van der Waals surface area contributed by atoms with Gasteiger partial charge >= 0.3 is 0 Å². The Morgan fingerprint density at radius 2 is 1.47 bits per heavy atom. The third-order valence-corrected chi connectivity index (χ3v) is 2.42. The number of thiocarbonyl (C=S) groups is 2. The second-order valence-electron chi connectivity index (χ2n) is 2.99. The molecule has 0 aliphatic heterocycles. The number of hydrazone groups is 2. The van der Waals surface area contributed by atoms with E-state index in [1.807, 2.05) is 13.8 Å². The van der Waals surface area contributed by atoms with Gasteiger partial charge in [-0.1, -0.05) is 6.92 Å². The quantitative estimate of drug-likeness (QED) is 0.336. The van der Waals surface area contributed by atoms with Crippen LogP contribution in [0.1, 0.15) is 20.3 Å². The van der Waals surface area contributed by atoms with Gasteiger partial charge in [0.25, 0.3) is 0 Å². The lowest BCUT2D eigenvalue weighted by Crippen LogP contribution is -2.32. The van der Waals surface area contributed by atoms with Crippen LogP contribution in [0, 0.1) is 0 Å². The van der Waals surface area contributed by atoms with Crippen molar-refractivity contribution in [3.05, 3.63) is 0 Å². The first-order valence-corrected chi connectivity index (χ1v) is 5.93. The minimum Gasteiger partial charge on any atom is -0.364 e. The summed E-state index contributed by atoms with van der Waals surface area (Å²) in [4.78, 5) is 0. The molecule has 0 aromatic heterocycles. The lowest BCUT2D eigenvalue weighted by Gasteiger charge is -2.07. The number of hydrogen-bond donors (Lipinski definition) is 4. The van der Waals surface area contributed by atoms with Gasteiger partial charge in [0.2, 0.25) is 0 Å². The van der Waals surface area contributed by atoms with Gasteiger partial charge in [0.05, 0.1) is 11.4 Å². The zero-order valence-electron chi connectivity index (χ0n) is 10.4. The molecule has 8 heteroatoms. The summed E-state index contributed by atoms with van der Waals surface area (Å²) >= 11 is 9.82. The zero-order valence-corrected chi connectivity index (χ0v) is 12.1. The number of rotatable bonds is 4. The normalized spacial score (nSPS) is 11.8. The van der Waals surface area contributed by atoms with E-state index in [1.165, 1.54) is 0 Å². The fraction of sp³-hybridized carbons (Fsp3) is 0.556. The molecule has 0 aromatic carbocycles. The number of hydrogen-bond acceptors (Lipinski definition) is 4. The number of nitrogens with zero attached hydrogens (tertiary/aromatic N) is 2. The van der Waals surface area contributed by atoms with Crippen LogP contribution in [-0.4, -0.2) is 35.7 Å². The molecule has 17 heavy (non-hydrogen) atoms. The van der Waals surface area contributed by atoms with Crippen LogP contribution in [-0.2, 0) is 0 Å². The Bertz CT molecular complexity index is 336. The van der Waals surface area contributed by atoms with Crippen molar-refractivity contribution in [2.45, 2.75) is 20.3 Å². The Kier molecular flexibility index (Phi) is 8.16. The Morgan fingerprint density at radius 1 is 1.00 bits per heavy atom. The minimum atomic E-state index is 0.457. The predicted molar refractivity (Wildman–Crippen MR) is 80.4 cm³/mol. The van der Waals surface area contributed by atoms with E-state index in [0.717, 1.165) is 17.8 Å². The van der Waals surface area contributed by atoms with E-state index in [2.05, 4.69) is 31.7 Å². The Hall–Kier alpha value is -1.28. The first-order valence-electron chi connectivity index (χ1n) is 5.11. The van der Waals surface area contributed by atoms with Gasteiger partial charge in [-0.25, -0.2) is 0 Å². The van der Waals surface area contributed by atoms with E-state index in [9.17, 15) is 0 Å². The van der Waals surface area contributed by atoms with Crippen LogP contribution >= 0.6 is 24.4 Å². The molecule has 96 valence electrons. The molecule has 0 spiro atoms. The summed E-state index contributed by atoms with van der Waals surface area (Å²) in [5.74, 6) is 0. The van der Waals surface area contributed by atoms with Crippen molar-refractivity contribution in [3.8, 4) is 0 Å². The molecule has 0 saturated carbocycles. The molecule has 0 heterocycles. The fourth-order valence-corrected chi connectivity index (χ4v) is 0.936. The van der Waals surface area contributed by atoms with Crippen LogP contribution in [0.25, 0.3) is 0 Å². The monoisotopic (exact) mass is 274 g/mol. The van der Waals surface area contributed by atoms with Gasteiger partial charge in [-0.3, -0.25) is 10.9 Å². The molecule has 0 radical (unpaired) electrons. The van der Waals surface area contributed by atoms with Crippen molar-refractivity contribution in [2.24, 2.45) is 10.2 Å². The van der Waals surface area contributed by atoms with Crippen molar-refractivity contribution in [3.63, 3.8) is 0 Å². The molecule has 0 fully saturated rings. The van der Waals surface area contributed by atoms with E-state index in [0.29, 0.717) is 10.2 Å². The molecule has 0 aromatic rings. The highest BCUT2D eigenvalue weighted by molar-refractivity contribution is 7.80. The van der Waals surface area contributed by atoms with E-state index in [1.54, 1.807) is 14.1 Å². The molecule has 0 saturated heterocycles. The van der Waals surface area contributed by atoms with Gasteiger partial charge in [-0.05, 0) is 37.8 Å². The molecule has 6 nitrogen and oxygen atoms in total. The summed E-state index contributed by atoms with van der Waals surface area (Å²) < 4.78 is 0. The largest absolute Gasteiger partial charge is 0.364 e. The molecule has 4 N–H and O–H groups in total. The standard InChI is InChI=1S/C9H18N6S2/c1-5-7(13-15-9(17)11-4)6(2)12-14-8(16)10-3/h5H2,1-4H3,(H2,10,14,16)(H2,11,15,17)/b12-6?,13-7+. The van der Waals surface area contributed by atoms with Gasteiger partial charge in [0.15, 0.2) is 10.2 Å². The van der Waals surface area contributed by atoms with Crippen LogP contribution in [0.15, 0.2) is 10.2 Å². The van der Waals surface area contributed by atoms with E-state index in [4.69, 9.17) is 24.4 Å². The highest BCUT2D eigenvalue weighted by Gasteiger charge is 2.02. The molecule has 0 atom stereocenters. The highest BCUT2D eigenvalue weighted by Crippen LogP contribution is 1.89. The van der Waals surface area contributed by atoms with Crippen LogP contribution in [0.5, 0.6) is 0 Å². The predicted octanol–water partition coefficient (Wildman–Crippen LogP) is 0.316. The lowest BCUT2D eigenvalue weighted by molar-refractivity contribution is 0.958. The van der Waals surface area contributed by atoms with Crippen LogP contribution < -0.4 is 21.5 Å². The van der Waals surface area contributed by atoms with Gasteiger partial charge in [-0.15, -0.1) is 0 Å². The van der Waals surface area contributed by atoms with Crippen molar-refractivity contribution in [1.29, 1.82) is 0 Å². The van der Waals surface area contributed by atoms with E-state index >= 15 is 0 Å². The summed E-state index contributed by atoms with van der Waals surface area (Å²) in [7, 11) is 3.45. The Balaban J connectivity index is 4.53. The van der Waals surface area contributed by atoms with Crippen molar-refractivity contribution in [2.75, 3.05) is 14.1 Å². The Morgan fingerprint density at radius 3 is 1.88 bits per heavy atom. The van der Waals surface area contributed by atoms with E-state index < -0.39 is 0 Å². The SMILES string of the molecule is CC/C(=N\NC(=S)NC)C(C)=NNC(=S)NC. The second-order valence-corrected chi connectivity index (χ2v) is 3.81. The second kappa shape index (κ2) is 8.82. The molecule has 0 rings (SSSR count). The maximum Gasteiger partial charge on any atom is 0.186 e. The molecule has 0 unspecified atom stereocenters. The zero-order chi connectivity index (χ0) is 13.3. The van der Waals surface area contributed by atoms with Crippen LogP contribution in [0.2, 0.25) is 0 Å². The van der Waals surface area contributed by atoms with Crippen LogP contribution in [0.3, 0.4) is 0 Å². The summed E-state index contributed by atoms with van der Waals surface area (Å²) in [6, 6.07) is 0. The van der Waals surface area contributed by atoms with Crippen molar-refractivity contribution in [1.82, 2.24) is 21.5 Å². The van der Waals surface area contributed by atoms with Gasteiger partial charge in [0.1, 0.15) is 0 Å². The summed E-state index contributed by atoms with van der Waals surface area (Å²) in [5, 5.41) is 14.7. The number of nitrogens with one attached hydrogen (secondary N) is 4. The molecule has 0 aliphatic carbocycles. The molecular weight excluding hydrogens is 256 g/mol. The fourth-order valence-electron chi connectivity index (χ4n) is 0.845. The lowest BCUT2D eigenvalue weighted by atomic mass is 10.2. The topological polar surface area (TPSA) is 72.8 Å². The molecule has 0 amide bonds. The first kappa shape index (κ1) is 15.7. The summed E-state index contributed by atoms with van der Waals surface area (Å²) in [5.41, 5.74) is 6.96. The summed E-state index contributed by atoms with van der Waals surface area (Å²) in [6.07, 6.45) is 0.739. The average molecular weight is 274 g/mol. The molecule has 0 bridgehead atoms. The van der Waals surface area contributed by atoms with Crippen molar-refractivity contribution >= 4 is 46.1 Å². The average Bonchev–Trinajstić information content (AvgIpc) is 2.35. The maximum atomic E-state index is 4.92. The van der Waals surface area contributed by atoms with Crippen LogP contribution in [0.4, 0.5) is 0 Å². The Labute approximate surface area is 112 Å². The van der Waals surface area contributed by atoms with E-state index in [-0.39, 0.29) is 0 Å². The molecule has 0 aliphatic rings. The highest BCUT2D eigenvalue weighted by atomic mass is 32.1. The molecular formula is C9H18N6S2. The maximum absolute atomic E-state index is 4.92. The third kappa shape index (κ3) is 6.80. The first-order chi connectivity index (χ1) is 8.04. The third-order valence-electron chi connectivity index (χ3n) is 1.82. The van der Waals surface area contributed by atoms with Gasteiger partial charge in [0, 0.05) is 14.1 Å². The van der Waals surface area contributed by atoms with Crippen molar-refractivity contribution < 1.29 is 0 Å². The van der Waals surface area contributed by atoms with Gasteiger partial charge < -0.3 is 10.6 Å². The summed E-state index contributed by atoms with van der Waals surface area (Å²) in [6.45, 7) is 3.83. The minimum absolute atomic E-state index is 0.457.